The van der Waals surface area contributed by atoms with E-state index in [1.165, 1.54) is 212 Å². The first-order valence-electron chi connectivity index (χ1n) is 30.0. The smallest absolute Gasteiger partial charge is 0.306 e. The van der Waals surface area contributed by atoms with Gasteiger partial charge in [-0.2, -0.15) is 0 Å². The number of likely N-dealkylation sites (N-methyl/N-ethyl adjacent to an activating group) is 1. The summed E-state index contributed by atoms with van der Waals surface area (Å²) >= 11 is 0. The number of carbonyl (C=O) groups is 3. The van der Waals surface area contributed by atoms with Crippen LogP contribution >= 0.6 is 0 Å². The number of allylic oxidation sites excluding steroid dienone is 6. The molecule has 2 unspecified atom stereocenters. The summed E-state index contributed by atoms with van der Waals surface area (Å²) in [7, 11) is 5.43. The van der Waals surface area contributed by atoms with Crippen LogP contribution in [-0.4, -0.2) is 75.5 Å². The van der Waals surface area contributed by atoms with Gasteiger partial charge in [-0.25, -0.2) is 0 Å². The summed E-state index contributed by atoms with van der Waals surface area (Å²) in [5.74, 6) is -1.72. The van der Waals surface area contributed by atoms with E-state index in [-0.39, 0.29) is 42.7 Å². The average Bonchev–Trinajstić information content (AvgIpc) is 3.33. The molecule has 0 N–H and O–H groups in total. The van der Waals surface area contributed by atoms with E-state index in [1.54, 1.807) is 0 Å². The Morgan fingerprint density at radius 1 is 0.429 bits per heavy atom. The van der Waals surface area contributed by atoms with Crippen molar-refractivity contribution in [2.45, 2.75) is 302 Å². The molecule has 0 heterocycles. The molecule has 0 saturated heterocycles. The fourth-order valence-electron chi connectivity index (χ4n) is 9.10. The highest BCUT2D eigenvalue weighted by atomic mass is 16.6. The lowest BCUT2D eigenvalue weighted by Crippen LogP contribution is -2.55. The summed E-state index contributed by atoms with van der Waals surface area (Å²) in [6.07, 6.45) is 64.7. The number of nitrogens with zero attached hydrogens (tertiary/aromatic N) is 1. The number of quaternary nitrogens is 1. The molecular weight excluding hydrogens is 871 g/mol. The molecule has 0 aromatic carbocycles. The van der Waals surface area contributed by atoms with Gasteiger partial charge >= 0.3 is 11.9 Å². The van der Waals surface area contributed by atoms with Gasteiger partial charge in [0.1, 0.15) is 12.6 Å². The molecule has 70 heavy (non-hydrogen) atoms. The highest BCUT2D eigenvalue weighted by molar-refractivity contribution is 5.70. The third-order valence-electron chi connectivity index (χ3n) is 13.7. The molecule has 0 amide bonds. The first-order valence-corrected chi connectivity index (χ1v) is 30.0. The maximum absolute atomic E-state index is 12.8. The second kappa shape index (κ2) is 52.9. The Kier molecular flexibility index (Phi) is 51.0. The summed E-state index contributed by atoms with van der Waals surface area (Å²) in [5.41, 5.74) is 0. The third kappa shape index (κ3) is 50.5. The Morgan fingerprint density at radius 3 is 1.11 bits per heavy atom. The van der Waals surface area contributed by atoms with Crippen LogP contribution in [0.4, 0.5) is 0 Å². The molecule has 0 rings (SSSR count). The van der Waals surface area contributed by atoms with Gasteiger partial charge in [0.2, 0.25) is 0 Å². The first kappa shape index (κ1) is 67.5. The number of carboxylic acids is 1. The Morgan fingerprint density at radius 2 is 0.757 bits per heavy atom. The summed E-state index contributed by atoms with van der Waals surface area (Å²) in [5, 5.41) is 11.7. The lowest BCUT2D eigenvalue weighted by Gasteiger charge is -2.34. The number of unbranched alkanes of at least 4 members (excludes halogenated alkanes) is 35. The Balaban J connectivity index is 4.13. The predicted octanol–water partition coefficient (Wildman–Crippen LogP) is 16.8. The number of aliphatic carboxylic acids is 1. The normalized spacial score (nSPS) is 13.0. The van der Waals surface area contributed by atoms with Gasteiger partial charge in [-0.3, -0.25) is 9.59 Å². The standard InChI is InChI=1S/C62H115NO7/c1-6-8-10-12-14-16-18-20-22-24-26-28-30-32-34-36-38-40-42-44-46-48-50-52-60(64)69-57-58(56-68-55-54-59(62(66)67)63(3,4)5)70-61(65)53-51-49-47-45-43-41-39-37-35-33-31-29-27-25-23-21-19-17-15-13-11-9-7-2/h19,21,24-27,58-59H,6-18,20,22-23,28-57H2,1-5H3/b21-19-,26-24-,27-25-. The van der Waals surface area contributed by atoms with Crippen molar-refractivity contribution in [2.24, 2.45) is 0 Å². The third-order valence-corrected chi connectivity index (χ3v) is 13.7. The molecule has 0 aliphatic heterocycles. The molecule has 0 aliphatic carbocycles. The Bertz CT molecular complexity index is 1240. The molecule has 0 spiro atoms. The molecule has 410 valence electrons. The number of rotatable bonds is 55. The minimum atomic E-state index is -1.12. The van der Waals surface area contributed by atoms with E-state index in [9.17, 15) is 19.5 Å². The Hall–Kier alpha value is -2.45. The van der Waals surface area contributed by atoms with Crippen LogP contribution in [0.25, 0.3) is 0 Å². The molecule has 0 aromatic heterocycles. The second-order valence-corrected chi connectivity index (χ2v) is 21.6. The van der Waals surface area contributed by atoms with Crippen molar-refractivity contribution >= 4 is 17.9 Å². The lowest BCUT2D eigenvalue weighted by molar-refractivity contribution is -0.889. The van der Waals surface area contributed by atoms with Crippen molar-refractivity contribution in [3.63, 3.8) is 0 Å². The predicted molar refractivity (Wildman–Crippen MR) is 296 cm³/mol. The topological polar surface area (TPSA) is 102 Å². The highest BCUT2D eigenvalue weighted by Crippen LogP contribution is 2.17. The maximum Gasteiger partial charge on any atom is 0.306 e. The van der Waals surface area contributed by atoms with Crippen LogP contribution < -0.4 is 5.11 Å². The van der Waals surface area contributed by atoms with E-state index < -0.39 is 18.1 Å². The molecule has 0 aromatic rings. The van der Waals surface area contributed by atoms with Crippen molar-refractivity contribution in [2.75, 3.05) is 41.0 Å². The van der Waals surface area contributed by atoms with E-state index in [0.29, 0.717) is 12.8 Å². The van der Waals surface area contributed by atoms with E-state index in [2.05, 4.69) is 50.3 Å². The zero-order valence-corrected chi connectivity index (χ0v) is 47.0. The van der Waals surface area contributed by atoms with Crippen molar-refractivity contribution in [3.05, 3.63) is 36.5 Å². The SMILES string of the molecule is CCCCCCC/C=C\C/C=C\CCCCCCCCCCCCCC(=O)OC(COCCC(C(=O)[O-])[N+](C)(C)C)COC(=O)CCCCCCCCCCCCC/C=C\CCCCCCCCCC. The second-order valence-electron chi connectivity index (χ2n) is 21.6. The number of hydrogen-bond acceptors (Lipinski definition) is 7. The highest BCUT2D eigenvalue weighted by Gasteiger charge is 2.25. The minimum Gasteiger partial charge on any atom is -0.544 e. The molecule has 8 nitrogen and oxygen atoms in total. The van der Waals surface area contributed by atoms with Crippen LogP contribution in [0.3, 0.4) is 0 Å². The molecule has 8 heteroatoms. The molecule has 0 bridgehead atoms. The average molecular weight is 987 g/mol. The van der Waals surface area contributed by atoms with Crippen LogP contribution in [0.2, 0.25) is 0 Å². The number of carbonyl (C=O) groups excluding carboxylic acids is 3. The first-order chi connectivity index (χ1) is 34.1. The fraction of sp³-hybridized carbons (Fsp3) is 0.855. The number of carboxylic acid groups (broad SMARTS) is 1. The zero-order valence-electron chi connectivity index (χ0n) is 47.0. The maximum atomic E-state index is 12.8. The van der Waals surface area contributed by atoms with Gasteiger partial charge in [0.15, 0.2) is 6.10 Å². The van der Waals surface area contributed by atoms with Crippen LogP contribution in [0, 0.1) is 0 Å². The monoisotopic (exact) mass is 986 g/mol. The number of hydrogen-bond donors (Lipinski definition) is 0. The van der Waals surface area contributed by atoms with Crippen molar-refractivity contribution in [3.8, 4) is 0 Å². The quantitative estimate of drug-likeness (QED) is 0.0259. The molecule has 0 radical (unpaired) electrons. The largest absolute Gasteiger partial charge is 0.544 e. The van der Waals surface area contributed by atoms with Crippen LogP contribution in [-0.2, 0) is 28.6 Å². The molecule has 2 atom stereocenters. The van der Waals surface area contributed by atoms with Crippen molar-refractivity contribution in [1.29, 1.82) is 0 Å². The molecule has 0 saturated carbocycles. The zero-order chi connectivity index (χ0) is 51.3. The van der Waals surface area contributed by atoms with E-state index >= 15 is 0 Å². The van der Waals surface area contributed by atoms with Gasteiger partial charge in [-0.1, -0.05) is 237 Å². The Labute approximate surface area is 434 Å². The lowest BCUT2D eigenvalue weighted by atomic mass is 10.0. The van der Waals surface area contributed by atoms with Gasteiger partial charge in [-0.15, -0.1) is 0 Å². The summed E-state index contributed by atoms with van der Waals surface area (Å²) in [6, 6.07) is -0.726. The van der Waals surface area contributed by atoms with Gasteiger partial charge in [0.25, 0.3) is 0 Å². The summed E-state index contributed by atoms with van der Waals surface area (Å²) in [6.45, 7) is 4.70. The van der Waals surface area contributed by atoms with Gasteiger partial charge in [0, 0.05) is 19.3 Å². The summed E-state index contributed by atoms with van der Waals surface area (Å²) in [4.78, 5) is 37.2. The number of esters is 2. The number of ether oxygens (including phenoxy) is 3. The van der Waals surface area contributed by atoms with Crippen molar-refractivity contribution in [1.82, 2.24) is 0 Å². The molecule has 0 aliphatic rings. The van der Waals surface area contributed by atoms with E-state index in [4.69, 9.17) is 14.2 Å². The molecule has 0 fully saturated rings. The van der Waals surface area contributed by atoms with Crippen LogP contribution in [0.15, 0.2) is 36.5 Å². The van der Waals surface area contributed by atoms with Gasteiger partial charge in [0.05, 0.1) is 40.3 Å². The summed E-state index contributed by atoms with van der Waals surface area (Å²) < 4.78 is 17.3. The van der Waals surface area contributed by atoms with Crippen LogP contribution in [0.1, 0.15) is 290 Å². The molecular formula is C62H115NO7. The van der Waals surface area contributed by atoms with Crippen molar-refractivity contribution < 1.29 is 38.2 Å². The van der Waals surface area contributed by atoms with Gasteiger partial charge < -0.3 is 28.6 Å². The van der Waals surface area contributed by atoms with E-state index in [0.717, 1.165) is 44.9 Å². The minimum absolute atomic E-state index is 0.0426. The van der Waals surface area contributed by atoms with Gasteiger partial charge in [-0.05, 0) is 70.6 Å². The fourth-order valence-corrected chi connectivity index (χ4v) is 9.10. The van der Waals surface area contributed by atoms with Crippen LogP contribution in [0.5, 0.6) is 0 Å². The van der Waals surface area contributed by atoms with E-state index in [1.807, 2.05) is 21.1 Å².